The molecule has 2 aliphatic rings. The van der Waals surface area contributed by atoms with Crippen LogP contribution >= 0.6 is 0 Å². The van der Waals surface area contributed by atoms with Gasteiger partial charge in [0, 0.05) is 50.4 Å². The molecule has 1 spiro atoms. The maximum atomic E-state index is 13.3. The Morgan fingerprint density at radius 3 is 2.41 bits per heavy atom. The van der Waals surface area contributed by atoms with Crippen LogP contribution < -0.4 is 5.56 Å². The van der Waals surface area contributed by atoms with E-state index < -0.39 is 11.0 Å². The Morgan fingerprint density at radius 1 is 1.11 bits per heavy atom. The lowest BCUT2D eigenvalue weighted by Gasteiger charge is -2.52. The van der Waals surface area contributed by atoms with Crippen LogP contribution in [0.3, 0.4) is 0 Å². The van der Waals surface area contributed by atoms with Crippen molar-refractivity contribution in [1.82, 2.24) is 14.4 Å². The van der Waals surface area contributed by atoms with Crippen molar-refractivity contribution in [2.75, 3.05) is 33.8 Å². The van der Waals surface area contributed by atoms with Crippen LogP contribution in [0.1, 0.15) is 56.3 Å². The molecule has 8 heteroatoms. The summed E-state index contributed by atoms with van der Waals surface area (Å²) in [5.41, 5.74) is -0.203. The van der Waals surface area contributed by atoms with Gasteiger partial charge in [0.2, 0.25) is 0 Å². The van der Waals surface area contributed by atoms with E-state index in [1.807, 2.05) is 44.2 Å². The minimum atomic E-state index is -1.19. The summed E-state index contributed by atoms with van der Waals surface area (Å²) < 4.78 is 6.96. The monoisotopic (exact) mass is 509 g/mol. The molecule has 0 radical (unpaired) electrons. The summed E-state index contributed by atoms with van der Waals surface area (Å²) in [6.45, 7) is 5.19. The standard InChI is InChI=1S/C29H39N3O5/c1-21(2)18-37-27(35)31-15-14-29(36,28(19-31)12-8-9-13-28)20-32-17-24(26(34)30(3)4)23(16-25(32)33)22-10-6-5-7-11-22/h5-7,10-11,16-17,21,36H,8-9,12-15,18-20H2,1-4H3. The number of aliphatic hydroxyl groups is 1. The maximum absolute atomic E-state index is 13.3. The fraction of sp³-hybridized carbons (Fsp3) is 0.552. The molecule has 8 nitrogen and oxygen atoms in total. The van der Waals surface area contributed by atoms with Gasteiger partial charge in [-0.25, -0.2) is 4.79 Å². The maximum Gasteiger partial charge on any atom is 0.409 e. The number of hydrogen-bond acceptors (Lipinski definition) is 5. The Hall–Kier alpha value is -3.13. The molecule has 1 aromatic carbocycles. The molecule has 200 valence electrons. The highest BCUT2D eigenvalue weighted by molar-refractivity contribution is 6.00. The molecular formula is C29H39N3O5. The number of nitrogens with zero attached hydrogens (tertiary/aromatic N) is 3. The zero-order valence-corrected chi connectivity index (χ0v) is 22.4. The average Bonchev–Trinajstić information content (AvgIpc) is 3.35. The molecule has 2 aromatic rings. The first-order valence-corrected chi connectivity index (χ1v) is 13.2. The van der Waals surface area contributed by atoms with E-state index in [1.54, 1.807) is 25.2 Å². The summed E-state index contributed by atoms with van der Waals surface area (Å²) in [4.78, 5) is 42.4. The van der Waals surface area contributed by atoms with Gasteiger partial charge >= 0.3 is 6.09 Å². The fourth-order valence-electron chi connectivity index (χ4n) is 5.83. The van der Waals surface area contributed by atoms with Crippen LogP contribution in [0.15, 0.2) is 47.4 Å². The second-order valence-electron chi connectivity index (χ2n) is 11.3. The van der Waals surface area contributed by atoms with Crippen LogP contribution in [0.4, 0.5) is 4.79 Å². The molecule has 1 atom stereocenters. The van der Waals surface area contributed by atoms with Crippen molar-refractivity contribution in [1.29, 1.82) is 0 Å². The van der Waals surface area contributed by atoms with Gasteiger partial charge in [-0.15, -0.1) is 0 Å². The van der Waals surface area contributed by atoms with Gasteiger partial charge in [0.15, 0.2) is 0 Å². The van der Waals surface area contributed by atoms with Gasteiger partial charge in [0.1, 0.15) is 0 Å². The molecule has 4 rings (SSSR count). The second-order valence-corrected chi connectivity index (χ2v) is 11.3. The summed E-state index contributed by atoms with van der Waals surface area (Å²) in [5.74, 6) is 0.0359. The molecule has 2 heterocycles. The molecular weight excluding hydrogens is 470 g/mol. The number of pyridine rings is 1. The number of rotatable bonds is 6. The Morgan fingerprint density at radius 2 is 1.78 bits per heavy atom. The smallest absolute Gasteiger partial charge is 0.409 e. The van der Waals surface area contributed by atoms with Crippen molar-refractivity contribution in [2.24, 2.45) is 11.3 Å². The quantitative estimate of drug-likeness (QED) is 0.635. The van der Waals surface area contributed by atoms with Crippen LogP contribution in [-0.4, -0.2) is 70.9 Å². The van der Waals surface area contributed by atoms with E-state index in [0.717, 1.165) is 31.2 Å². The first kappa shape index (κ1) is 26.9. The van der Waals surface area contributed by atoms with Crippen molar-refractivity contribution in [3.63, 3.8) is 0 Å². The topological polar surface area (TPSA) is 92.1 Å². The summed E-state index contributed by atoms with van der Waals surface area (Å²) in [5, 5.41) is 12.1. The SMILES string of the molecule is CC(C)COC(=O)N1CCC(O)(Cn2cc(C(=O)N(C)C)c(-c3ccccc3)cc2=O)C2(CCCC2)C1. The third-order valence-electron chi connectivity index (χ3n) is 7.91. The van der Waals surface area contributed by atoms with Gasteiger partial charge in [-0.1, -0.05) is 57.0 Å². The fourth-order valence-corrected chi connectivity index (χ4v) is 5.83. The average molecular weight is 510 g/mol. The van der Waals surface area contributed by atoms with Gasteiger partial charge < -0.3 is 24.2 Å². The first-order valence-electron chi connectivity index (χ1n) is 13.2. The van der Waals surface area contributed by atoms with Crippen LogP contribution in [0.2, 0.25) is 0 Å². The summed E-state index contributed by atoms with van der Waals surface area (Å²) in [6, 6.07) is 10.9. The molecule has 1 saturated carbocycles. The van der Waals surface area contributed by atoms with Crippen molar-refractivity contribution < 1.29 is 19.4 Å². The number of piperidine rings is 1. The largest absolute Gasteiger partial charge is 0.449 e. The highest BCUT2D eigenvalue weighted by Gasteiger charge is 2.56. The molecule has 1 N–H and O–H groups in total. The summed E-state index contributed by atoms with van der Waals surface area (Å²) in [7, 11) is 3.36. The predicted octanol–water partition coefficient (Wildman–Crippen LogP) is 4.01. The lowest BCUT2D eigenvalue weighted by Crippen LogP contribution is -2.62. The zero-order valence-electron chi connectivity index (χ0n) is 22.4. The Labute approximate surface area is 218 Å². The van der Waals surface area contributed by atoms with E-state index in [1.165, 1.54) is 15.5 Å². The normalized spacial score (nSPS) is 20.9. The summed E-state index contributed by atoms with van der Waals surface area (Å²) >= 11 is 0. The number of likely N-dealkylation sites (tertiary alicyclic amines) is 1. The van der Waals surface area contributed by atoms with Gasteiger partial charge in [0.05, 0.1) is 24.3 Å². The van der Waals surface area contributed by atoms with Crippen molar-refractivity contribution in [3.8, 4) is 11.1 Å². The van der Waals surface area contributed by atoms with E-state index in [2.05, 4.69) is 0 Å². The van der Waals surface area contributed by atoms with E-state index in [4.69, 9.17) is 4.74 Å². The number of benzene rings is 1. The van der Waals surface area contributed by atoms with E-state index in [0.29, 0.717) is 37.2 Å². The lowest BCUT2D eigenvalue weighted by atomic mass is 9.66. The summed E-state index contributed by atoms with van der Waals surface area (Å²) in [6.07, 6.45) is 5.07. The molecule has 2 amide bonds. The zero-order chi connectivity index (χ0) is 26.8. The highest BCUT2D eigenvalue weighted by Crippen LogP contribution is 2.51. The van der Waals surface area contributed by atoms with Gasteiger partial charge in [-0.3, -0.25) is 9.59 Å². The van der Waals surface area contributed by atoms with Gasteiger partial charge in [-0.05, 0) is 30.7 Å². The predicted molar refractivity (Wildman–Crippen MR) is 142 cm³/mol. The molecule has 1 aliphatic carbocycles. The Balaban J connectivity index is 1.67. The second kappa shape index (κ2) is 10.7. The highest BCUT2D eigenvalue weighted by atomic mass is 16.6. The van der Waals surface area contributed by atoms with Gasteiger partial charge in [0.25, 0.3) is 11.5 Å². The Bertz CT molecular complexity index is 1180. The van der Waals surface area contributed by atoms with Crippen molar-refractivity contribution in [3.05, 3.63) is 58.5 Å². The lowest BCUT2D eigenvalue weighted by molar-refractivity contribution is -0.138. The number of amides is 2. The number of aromatic nitrogens is 1. The van der Waals surface area contributed by atoms with Crippen molar-refractivity contribution >= 4 is 12.0 Å². The minimum absolute atomic E-state index is 0.0729. The minimum Gasteiger partial charge on any atom is -0.449 e. The van der Waals surface area contributed by atoms with Crippen molar-refractivity contribution in [2.45, 2.75) is 58.1 Å². The number of carbonyl (C=O) groups excluding carboxylic acids is 2. The van der Waals surface area contributed by atoms with Gasteiger partial charge in [-0.2, -0.15) is 0 Å². The molecule has 37 heavy (non-hydrogen) atoms. The Kier molecular flexibility index (Phi) is 7.78. The molecule has 0 bridgehead atoms. The van der Waals surface area contributed by atoms with E-state index in [9.17, 15) is 19.5 Å². The first-order chi connectivity index (χ1) is 17.5. The number of carbonyl (C=O) groups is 2. The van der Waals surface area contributed by atoms with Crippen LogP contribution in [0, 0.1) is 11.3 Å². The van der Waals surface area contributed by atoms with Crippen LogP contribution in [0.5, 0.6) is 0 Å². The number of ether oxygens (including phenoxy) is 1. The van der Waals surface area contributed by atoms with Crippen LogP contribution in [-0.2, 0) is 11.3 Å². The molecule has 1 saturated heterocycles. The third-order valence-corrected chi connectivity index (χ3v) is 7.91. The van der Waals surface area contributed by atoms with E-state index in [-0.39, 0.29) is 30.0 Å². The molecule has 1 unspecified atom stereocenters. The third kappa shape index (κ3) is 5.44. The van der Waals surface area contributed by atoms with Crippen LogP contribution in [0.25, 0.3) is 11.1 Å². The molecule has 1 aromatic heterocycles. The number of hydrogen-bond donors (Lipinski definition) is 1. The molecule has 2 fully saturated rings. The molecule has 1 aliphatic heterocycles. The van der Waals surface area contributed by atoms with E-state index >= 15 is 0 Å².